The second-order valence-corrected chi connectivity index (χ2v) is 6.31. The van der Waals surface area contributed by atoms with Gasteiger partial charge >= 0.3 is 0 Å². The Morgan fingerprint density at radius 1 is 1.55 bits per heavy atom. The molecule has 1 saturated heterocycles. The Morgan fingerprint density at radius 3 is 2.55 bits per heavy atom. The zero-order valence-electron chi connectivity index (χ0n) is 6.36. The fourth-order valence-electron chi connectivity index (χ4n) is 1.17. The van der Waals surface area contributed by atoms with E-state index in [2.05, 4.69) is 0 Å². The van der Waals surface area contributed by atoms with Crippen molar-refractivity contribution in [3.8, 4) is 0 Å². The summed E-state index contributed by atoms with van der Waals surface area (Å²) in [4.78, 5) is 0. The molecule has 0 aromatic rings. The molecule has 1 fully saturated rings. The molecule has 0 aliphatic carbocycles. The van der Waals surface area contributed by atoms with Crippen LogP contribution in [0, 0.1) is 0 Å². The smallest absolute Gasteiger partial charge is 0.154 e. The van der Waals surface area contributed by atoms with Crippen molar-refractivity contribution in [1.82, 2.24) is 0 Å². The Bertz CT molecular complexity index is 222. The van der Waals surface area contributed by atoms with Crippen molar-refractivity contribution in [2.45, 2.75) is 18.3 Å². The molecule has 1 aliphatic rings. The highest BCUT2D eigenvalue weighted by molar-refractivity contribution is 8.01. The SMILES string of the molecule is CCS[C@@H]1CS(=O)(=O)C[C@H]1O. The summed E-state index contributed by atoms with van der Waals surface area (Å²) in [6, 6.07) is 0. The fourth-order valence-corrected chi connectivity index (χ4v) is 4.66. The second kappa shape index (κ2) is 3.33. The molecule has 0 aromatic heterocycles. The summed E-state index contributed by atoms with van der Waals surface area (Å²) < 4.78 is 21.9. The molecule has 0 saturated carbocycles. The lowest BCUT2D eigenvalue weighted by Gasteiger charge is -2.09. The predicted octanol–water partition coefficient (Wildman–Crippen LogP) is -0.103. The van der Waals surface area contributed by atoms with E-state index in [-0.39, 0.29) is 16.8 Å². The van der Waals surface area contributed by atoms with Crippen molar-refractivity contribution in [2.75, 3.05) is 17.3 Å². The molecule has 1 heterocycles. The molecule has 0 radical (unpaired) electrons. The topological polar surface area (TPSA) is 54.4 Å². The monoisotopic (exact) mass is 196 g/mol. The number of hydrogen-bond acceptors (Lipinski definition) is 4. The summed E-state index contributed by atoms with van der Waals surface area (Å²) in [5.74, 6) is 0.953. The van der Waals surface area contributed by atoms with Crippen molar-refractivity contribution in [3.63, 3.8) is 0 Å². The van der Waals surface area contributed by atoms with Crippen LogP contribution in [0.25, 0.3) is 0 Å². The quantitative estimate of drug-likeness (QED) is 0.670. The van der Waals surface area contributed by atoms with Crippen LogP contribution < -0.4 is 0 Å². The van der Waals surface area contributed by atoms with Gasteiger partial charge in [-0.2, -0.15) is 11.8 Å². The summed E-state index contributed by atoms with van der Waals surface area (Å²) in [5, 5.41) is 9.16. The lowest BCUT2D eigenvalue weighted by molar-refractivity contribution is 0.207. The Kier molecular flexibility index (Phi) is 2.83. The Labute approximate surface area is 71.1 Å². The molecule has 0 spiro atoms. The minimum Gasteiger partial charge on any atom is -0.391 e. The molecule has 1 aliphatic heterocycles. The van der Waals surface area contributed by atoms with Crippen LogP contribution in [0.15, 0.2) is 0 Å². The molecule has 1 N–H and O–H groups in total. The molecule has 3 nitrogen and oxygen atoms in total. The maximum Gasteiger partial charge on any atom is 0.154 e. The van der Waals surface area contributed by atoms with Gasteiger partial charge in [-0.15, -0.1) is 0 Å². The third-order valence-corrected chi connectivity index (χ3v) is 4.82. The fraction of sp³-hybridized carbons (Fsp3) is 1.00. The van der Waals surface area contributed by atoms with E-state index in [1.165, 1.54) is 11.8 Å². The van der Waals surface area contributed by atoms with Crippen molar-refractivity contribution in [1.29, 1.82) is 0 Å². The summed E-state index contributed by atoms with van der Waals surface area (Å²) >= 11 is 1.52. The van der Waals surface area contributed by atoms with Crippen molar-refractivity contribution in [2.24, 2.45) is 0 Å². The number of hydrogen-bond donors (Lipinski definition) is 1. The predicted molar refractivity (Wildman–Crippen MR) is 46.6 cm³/mol. The maximum atomic E-state index is 11.0. The highest BCUT2D eigenvalue weighted by Crippen LogP contribution is 2.24. The van der Waals surface area contributed by atoms with Gasteiger partial charge in [-0.25, -0.2) is 8.42 Å². The first kappa shape index (κ1) is 9.35. The minimum atomic E-state index is -2.94. The number of aliphatic hydroxyl groups excluding tert-OH is 1. The van der Waals surface area contributed by atoms with Crippen LogP contribution in [-0.2, 0) is 9.84 Å². The third-order valence-electron chi connectivity index (χ3n) is 1.65. The summed E-state index contributed by atoms with van der Waals surface area (Å²) in [6.07, 6.45) is -0.648. The standard InChI is InChI=1S/C6H12O3S2/c1-2-10-6-4-11(8,9)3-5(6)7/h5-7H,2-4H2,1H3/t5-,6-/m1/s1. The first-order chi connectivity index (χ1) is 5.05. The van der Waals surface area contributed by atoms with Gasteiger partial charge < -0.3 is 5.11 Å². The Balaban J connectivity index is 2.59. The minimum absolute atomic E-state index is 0.0509. The van der Waals surface area contributed by atoms with Crippen LogP contribution in [0.3, 0.4) is 0 Å². The van der Waals surface area contributed by atoms with Crippen LogP contribution >= 0.6 is 11.8 Å². The largest absolute Gasteiger partial charge is 0.391 e. The maximum absolute atomic E-state index is 11.0. The van der Waals surface area contributed by atoms with E-state index in [0.29, 0.717) is 0 Å². The highest BCUT2D eigenvalue weighted by Gasteiger charge is 2.36. The molecule has 1 rings (SSSR count). The van der Waals surface area contributed by atoms with Crippen LogP contribution in [0.1, 0.15) is 6.92 Å². The summed E-state index contributed by atoms with van der Waals surface area (Å²) in [6.45, 7) is 1.96. The van der Waals surface area contributed by atoms with E-state index >= 15 is 0 Å². The van der Waals surface area contributed by atoms with E-state index in [0.717, 1.165) is 5.75 Å². The molecule has 0 unspecified atom stereocenters. The molecule has 5 heteroatoms. The van der Waals surface area contributed by atoms with Gasteiger partial charge in [-0.3, -0.25) is 0 Å². The van der Waals surface area contributed by atoms with Crippen LogP contribution in [0.5, 0.6) is 0 Å². The average molecular weight is 196 g/mol. The molecule has 0 aromatic carbocycles. The summed E-state index contributed by atoms with van der Waals surface area (Å²) in [5.41, 5.74) is 0. The molecule has 0 bridgehead atoms. The van der Waals surface area contributed by atoms with Crippen LogP contribution in [0.4, 0.5) is 0 Å². The highest BCUT2D eigenvalue weighted by atomic mass is 32.2. The van der Waals surface area contributed by atoms with E-state index in [1.54, 1.807) is 0 Å². The zero-order chi connectivity index (χ0) is 8.48. The van der Waals surface area contributed by atoms with E-state index in [4.69, 9.17) is 0 Å². The number of aliphatic hydroxyl groups is 1. The lowest BCUT2D eigenvalue weighted by Crippen LogP contribution is -2.20. The van der Waals surface area contributed by atoms with E-state index in [1.807, 2.05) is 6.92 Å². The van der Waals surface area contributed by atoms with Gasteiger partial charge in [0, 0.05) is 5.25 Å². The van der Waals surface area contributed by atoms with E-state index < -0.39 is 15.9 Å². The molecule has 2 atom stereocenters. The number of rotatable bonds is 2. The molecular weight excluding hydrogens is 184 g/mol. The van der Waals surface area contributed by atoms with Gasteiger partial charge in [-0.05, 0) is 5.75 Å². The van der Waals surface area contributed by atoms with Crippen molar-refractivity contribution in [3.05, 3.63) is 0 Å². The first-order valence-corrected chi connectivity index (χ1v) is 6.42. The second-order valence-electron chi connectivity index (χ2n) is 2.64. The van der Waals surface area contributed by atoms with Gasteiger partial charge in [0.15, 0.2) is 9.84 Å². The normalized spacial score (nSPS) is 35.8. The van der Waals surface area contributed by atoms with E-state index in [9.17, 15) is 13.5 Å². The average Bonchev–Trinajstić information content (AvgIpc) is 2.07. The molecule has 11 heavy (non-hydrogen) atoms. The van der Waals surface area contributed by atoms with Gasteiger partial charge in [0.1, 0.15) is 0 Å². The number of sulfone groups is 1. The first-order valence-electron chi connectivity index (χ1n) is 3.55. The Morgan fingerprint density at radius 2 is 2.18 bits per heavy atom. The van der Waals surface area contributed by atoms with Gasteiger partial charge in [0.05, 0.1) is 17.6 Å². The van der Waals surface area contributed by atoms with Crippen LogP contribution in [0.2, 0.25) is 0 Å². The number of thioether (sulfide) groups is 1. The summed E-state index contributed by atoms with van der Waals surface area (Å²) in [7, 11) is -2.94. The van der Waals surface area contributed by atoms with Crippen molar-refractivity contribution < 1.29 is 13.5 Å². The third kappa shape index (κ3) is 2.35. The van der Waals surface area contributed by atoms with Gasteiger partial charge in [0.25, 0.3) is 0 Å². The lowest BCUT2D eigenvalue weighted by atomic mass is 10.3. The van der Waals surface area contributed by atoms with Crippen molar-refractivity contribution >= 4 is 21.6 Å². The zero-order valence-corrected chi connectivity index (χ0v) is 7.99. The van der Waals surface area contributed by atoms with Gasteiger partial charge in [0.2, 0.25) is 0 Å². The van der Waals surface area contributed by atoms with Gasteiger partial charge in [-0.1, -0.05) is 6.92 Å². The Hall–Kier alpha value is 0.260. The molecular formula is C6H12O3S2. The van der Waals surface area contributed by atoms with Crippen LogP contribution in [-0.4, -0.2) is 42.1 Å². The molecule has 66 valence electrons. The molecule has 0 amide bonds.